The standard InChI is InChI=1S/C24H15Cl2N3O4S/c1-33-22-13(10-12(25)11-14(22)26)20(30)18-19(16-7-4-5-9-27-16)29(23(32)21(18)31)24-28-15-6-2-3-8-17(15)34-24/h2-11,19,30H,1H3/b20-18+. The molecule has 1 atom stereocenters. The summed E-state index contributed by atoms with van der Waals surface area (Å²) in [6.45, 7) is 0. The van der Waals surface area contributed by atoms with E-state index in [4.69, 9.17) is 27.9 Å². The number of Topliss-reactive ketones (excluding diaryl/α,β-unsaturated/α-hetero) is 1. The Bertz CT molecular complexity index is 1450. The van der Waals surface area contributed by atoms with Crippen molar-refractivity contribution in [1.29, 1.82) is 0 Å². The number of ketones is 1. The van der Waals surface area contributed by atoms with Crippen LogP contribution in [0.25, 0.3) is 16.0 Å². The van der Waals surface area contributed by atoms with E-state index in [1.54, 1.807) is 24.4 Å². The number of aromatic nitrogens is 2. The molecule has 4 aromatic rings. The van der Waals surface area contributed by atoms with Gasteiger partial charge in [-0.2, -0.15) is 0 Å². The minimum Gasteiger partial charge on any atom is -0.507 e. The summed E-state index contributed by atoms with van der Waals surface area (Å²) in [5.41, 5.74) is 0.991. The molecule has 1 N–H and O–H groups in total. The number of para-hydroxylation sites is 1. The van der Waals surface area contributed by atoms with E-state index in [0.717, 1.165) is 4.70 Å². The van der Waals surface area contributed by atoms with Crippen LogP contribution < -0.4 is 9.64 Å². The van der Waals surface area contributed by atoms with Crippen LogP contribution in [0.15, 0.2) is 66.4 Å². The number of carbonyl (C=O) groups is 2. The lowest BCUT2D eigenvalue weighted by atomic mass is 9.98. The summed E-state index contributed by atoms with van der Waals surface area (Å²) in [6, 6.07) is 14.4. The Morgan fingerprint density at radius 2 is 1.88 bits per heavy atom. The Kier molecular flexibility index (Phi) is 5.73. The quantitative estimate of drug-likeness (QED) is 0.216. The van der Waals surface area contributed by atoms with E-state index in [-0.39, 0.29) is 26.9 Å². The van der Waals surface area contributed by atoms with Gasteiger partial charge in [0.15, 0.2) is 5.13 Å². The smallest absolute Gasteiger partial charge is 0.301 e. The Morgan fingerprint density at radius 3 is 2.59 bits per heavy atom. The number of aliphatic hydroxyl groups is 1. The number of fused-ring (bicyclic) bond motifs is 1. The van der Waals surface area contributed by atoms with E-state index < -0.39 is 23.5 Å². The molecule has 0 spiro atoms. The maximum atomic E-state index is 13.3. The predicted molar refractivity (Wildman–Crippen MR) is 132 cm³/mol. The normalized spacial score (nSPS) is 17.5. The second kappa shape index (κ2) is 8.72. The van der Waals surface area contributed by atoms with E-state index in [1.165, 1.54) is 35.5 Å². The maximum absolute atomic E-state index is 13.3. The minimum atomic E-state index is -1.02. The molecule has 0 bridgehead atoms. The Hall–Kier alpha value is -3.46. The van der Waals surface area contributed by atoms with Gasteiger partial charge < -0.3 is 9.84 Å². The molecular weight excluding hydrogens is 497 g/mol. The molecule has 10 heteroatoms. The van der Waals surface area contributed by atoms with E-state index in [1.807, 2.05) is 24.3 Å². The summed E-state index contributed by atoms with van der Waals surface area (Å²) in [4.78, 5) is 36.8. The van der Waals surface area contributed by atoms with Gasteiger partial charge in [0.1, 0.15) is 17.6 Å². The van der Waals surface area contributed by atoms with Gasteiger partial charge in [-0.3, -0.25) is 19.5 Å². The van der Waals surface area contributed by atoms with Crippen LogP contribution >= 0.6 is 34.5 Å². The number of aliphatic hydroxyl groups excluding tert-OH is 1. The zero-order valence-corrected chi connectivity index (χ0v) is 19.9. The number of methoxy groups -OCH3 is 1. The average Bonchev–Trinajstić information content (AvgIpc) is 3.37. The molecule has 1 amide bonds. The fraction of sp³-hybridized carbons (Fsp3) is 0.0833. The van der Waals surface area contributed by atoms with Gasteiger partial charge in [-0.15, -0.1) is 0 Å². The van der Waals surface area contributed by atoms with Crippen LogP contribution in [0.1, 0.15) is 17.3 Å². The Labute approximate surface area is 207 Å². The topological polar surface area (TPSA) is 92.6 Å². The minimum absolute atomic E-state index is 0.0863. The van der Waals surface area contributed by atoms with Gasteiger partial charge in [-0.05, 0) is 36.4 Å². The number of hydrogen-bond donors (Lipinski definition) is 1. The number of nitrogens with zero attached hydrogens (tertiary/aromatic N) is 3. The molecule has 170 valence electrons. The first kappa shape index (κ1) is 22.3. The lowest BCUT2D eigenvalue weighted by Gasteiger charge is -2.22. The van der Waals surface area contributed by atoms with Crippen molar-refractivity contribution in [3.05, 3.63) is 87.7 Å². The monoisotopic (exact) mass is 511 g/mol. The number of halogens is 2. The number of anilines is 1. The van der Waals surface area contributed by atoms with Gasteiger partial charge in [0.25, 0.3) is 5.78 Å². The molecule has 3 heterocycles. The number of ether oxygens (including phenoxy) is 1. The van der Waals surface area contributed by atoms with Crippen molar-refractivity contribution in [3.63, 3.8) is 0 Å². The number of carbonyl (C=O) groups excluding carboxylic acids is 2. The molecule has 34 heavy (non-hydrogen) atoms. The van der Waals surface area contributed by atoms with Crippen LogP contribution in [0, 0.1) is 0 Å². The number of pyridine rings is 1. The lowest BCUT2D eigenvalue weighted by molar-refractivity contribution is -0.132. The van der Waals surface area contributed by atoms with E-state index in [2.05, 4.69) is 9.97 Å². The molecule has 0 aliphatic carbocycles. The van der Waals surface area contributed by atoms with Gasteiger partial charge in [-0.1, -0.05) is 52.7 Å². The molecular formula is C24H15Cl2N3O4S. The Balaban J connectivity index is 1.77. The highest BCUT2D eigenvalue weighted by Crippen LogP contribution is 2.45. The van der Waals surface area contributed by atoms with Crippen molar-refractivity contribution in [2.24, 2.45) is 0 Å². The third-order valence-electron chi connectivity index (χ3n) is 5.37. The van der Waals surface area contributed by atoms with Crippen LogP contribution in [0.4, 0.5) is 5.13 Å². The molecule has 1 unspecified atom stereocenters. The van der Waals surface area contributed by atoms with E-state index >= 15 is 0 Å². The number of hydrogen-bond acceptors (Lipinski definition) is 7. The molecule has 2 aromatic heterocycles. The van der Waals surface area contributed by atoms with Crippen molar-refractivity contribution in [2.45, 2.75) is 6.04 Å². The number of amides is 1. The highest BCUT2D eigenvalue weighted by Gasteiger charge is 2.49. The van der Waals surface area contributed by atoms with Crippen LogP contribution in [0.3, 0.4) is 0 Å². The average molecular weight is 512 g/mol. The molecule has 2 aromatic carbocycles. The zero-order chi connectivity index (χ0) is 24.0. The number of benzene rings is 2. The molecule has 1 aliphatic rings. The summed E-state index contributed by atoms with van der Waals surface area (Å²) in [5, 5.41) is 12.0. The van der Waals surface area contributed by atoms with Gasteiger partial charge >= 0.3 is 5.91 Å². The van der Waals surface area contributed by atoms with Gasteiger partial charge in [0.05, 0.1) is 39.2 Å². The number of rotatable bonds is 4. The largest absolute Gasteiger partial charge is 0.507 e. The third kappa shape index (κ3) is 3.60. The van der Waals surface area contributed by atoms with Gasteiger partial charge in [0.2, 0.25) is 0 Å². The summed E-state index contributed by atoms with van der Waals surface area (Å²) in [6.07, 6.45) is 1.55. The summed E-state index contributed by atoms with van der Waals surface area (Å²) in [5.74, 6) is -2.07. The molecule has 0 radical (unpaired) electrons. The van der Waals surface area contributed by atoms with Crippen LogP contribution in [-0.2, 0) is 9.59 Å². The van der Waals surface area contributed by atoms with Crippen LogP contribution in [-0.4, -0.2) is 33.9 Å². The molecule has 5 rings (SSSR count). The van der Waals surface area contributed by atoms with Crippen molar-refractivity contribution < 1.29 is 19.4 Å². The first-order valence-corrected chi connectivity index (χ1v) is 11.6. The highest BCUT2D eigenvalue weighted by molar-refractivity contribution is 7.22. The highest BCUT2D eigenvalue weighted by atomic mass is 35.5. The molecule has 1 fully saturated rings. The fourth-order valence-corrected chi connectivity index (χ4v) is 5.46. The van der Waals surface area contributed by atoms with E-state index in [0.29, 0.717) is 16.3 Å². The molecule has 0 saturated carbocycles. The molecule has 1 aliphatic heterocycles. The second-order valence-electron chi connectivity index (χ2n) is 7.36. The Morgan fingerprint density at radius 1 is 1.12 bits per heavy atom. The SMILES string of the molecule is COc1c(Cl)cc(Cl)cc1/C(O)=C1\C(=O)C(=O)N(c2nc3ccccc3s2)C1c1ccccn1. The van der Waals surface area contributed by atoms with Gasteiger partial charge in [-0.25, -0.2) is 4.98 Å². The summed E-state index contributed by atoms with van der Waals surface area (Å²) < 4.78 is 6.20. The molecule has 7 nitrogen and oxygen atoms in total. The van der Waals surface area contributed by atoms with Crippen LogP contribution in [0.5, 0.6) is 5.75 Å². The van der Waals surface area contributed by atoms with Crippen molar-refractivity contribution in [1.82, 2.24) is 9.97 Å². The van der Waals surface area contributed by atoms with Crippen molar-refractivity contribution in [3.8, 4) is 5.75 Å². The zero-order valence-electron chi connectivity index (χ0n) is 17.5. The molecule has 1 saturated heterocycles. The fourth-order valence-electron chi connectivity index (χ4n) is 3.90. The first-order valence-electron chi connectivity index (χ1n) is 10.0. The van der Waals surface area contributed by atoms with E-state index in [9.17, 15) is 14.7 Å². The predicted octanol–water partition coefficient (Wildman–Crippen LogP) is 5.63. The second-order valence-corrected chi connectivity index (χ2v) is 9.21. The number of thiazole rings is 1. The van der Waals surface area contributed by atoms with Crippen molar-refractivity contribution in [2.75, 3.05) is 12.0 Å². The lowest BCUT2D eigenvalue weighted by Crippen LogP contribution is -2.29. The van der Waals surface area contributed by atoms with Gasteiger partial charge in [0, 0.05) is 11.2 Å². The summed E-state index contributed by atoms with van der Waals surface area (Å²) >= 11 is 13.7. The third-order valence-corrected chi connectivity index (χ3v) is 6.90. The summed E-state index contributed by atoms with van der Waals surface area (Å²) in [7, 11) is 1.38. The van der Waals surface area contributed by atoms with Crippen molar-refractivity contribution >= 4 is 67.3 Å². The first-order chi connectivity index (χ1) is 16.4. The maximum Gasteiger partial charge on any atom is 0.301 e. The van der Waals surface area contributed by atoms with Crippen LogP contribution in [0.2, 0.25) is 10.0 Å².